The molecule has 0 saturated carbocycles. The molecular weight excluding hydrogens is 1310 g/mol. The Morgan fingerprint density at radius 3 is 0.802 bits per heavy atom. The van der Waals surface area contributed by atoms with Gasteiger partial charge in [0.05, 0.1) is 26.4 Å². The Balaban J connectivity index is 4.66. The van der Waals surface area contributed by atoms with E-state index in [-0.39, 0.29) is 19.3 Å². The first kappa shape index (κ1) is 95.9. The van der Waals surface area contributed by atoms with Crippen LogP contribution in [0.4, 0.5) is 0 Å². The van der Waals surface area contributed by atoms with E-state index in [1.165, 1.54) is 38.5 Å². The first-order chi connectivity index (χ1) is 49.2. The second kappa shape index (κ2) is 74.6. The second-order valence-corrected chi connectivity index (χ2v) is 27.9. The normalized spacial score (nSPS) is 15.0. The predicted molar refractivity (Wildman–Crippen MR) is 417 cm³/mol. The smallest absolute Gasteiger partial charge is 0.463 e. The summed E-state index contributed by atoms with van der Waals surface area (Å²) in [5.41, 5.74) is 0. The third kappa shape index (κ3) is 75.9. The average molecular weight is 1450 g/mol. The molecule has 0 aromatic heterocycles. The number of aliphatic hydroxyl groups excluding tert-OH is 2. The molecule has 0 aromatic rings. The van der Waals surface area contributed by atoms with Gasteiger partial charge in [0.2, 0.25) is 0 Å². The van der Waals surface area contributed by atoms with E-state index in [0.29, 0.717) is 19.3 Å². The molecule has 4 N–H and O–H groups in total. The fourth-order valence-electron chi connectivity index (χ4n) is 9.67. The Hall–Kier alpha value is -5.09. The minimum absolute atomic E-state index is 0.0773. The highest BCUT2D eigenvalue weighted by molar-refractivity contribution is 7.47. The van der Waals surface area contributed by atoms with Crippen LogP contribution in [0.5, 0.6) is 0 Å². The molecule has 0 bridgehead atoms. The SMILES string of the molecule is CC/C=C\C/C=C\C/C=C\C/C=C\C/C=C\C/C=C\CCCCC(=O)OCC(COP(=O)(O)OCC(O)COP(=O)(O)OCC(O)COC(=O)CCCCCCCCCCCCC/C=C\C/C=C\C/C=C\C/C=C\C/C=C\CC)OC(=O)CCCCCCCCC/C=C\C/C=C\C/C=C\CC. The molecule has 0 heterocycles. The van der Waals surface area contributed by atoms with Crippen LogP contribution in [0, 0.1) is 0 Å². The Labute approximate surface area is 612 Å². The summed E-state index contributed by atoms with van der Waals surface area (Å²) < 4.78 is 61.1. The molecule has 0 aliphatic carbocycles. The van der Waals surface area contributed by atoms with Gasteiger partial charge in [-0.25, -0.2) is 9.13 Å². The van der Waals surface area contributed by atoms with Crippen LogP contribution in [0.3, 0.4) is 0 Å². The van der Waals surface area contributed by atoms with Crippen molar-refractivity contribution in [1.29, 1.82) is 0 Å². The molecule has 0 rings (SSSR count). The van der Waals surface area contributed by atoms with E-state index >= 15 is 0 Å². The lowest BCUT2D eigenvalue weighted by Gasteiger charge is -2.21. The van der Waals surface area contributed by atoms with Crippen LogP contribution in [0.1, 0.15) is 278 Å². The maximum absolute atomic E-state index is 13.0. The number of hydrogen-bond donors (Lipinski definition) is 4. The van der Waals surface area contributed by atoms with Gasteiger partial charge in [-0.1, -0.05) is 281 Å². The van der Waals surface area contributed by atoms with Crippen molar-refractivity contribution in [2.24, 2.45) is 0 Å². The van der Waals surface area contributed by atoms with Crippen molar-refractivity contribution in [3.05, 3.63) is 170 Å². The number of esters is 3. The molecular formula is C83H136O16P2. The number of rotatable bonds is 71. The fraction of sp³-hybridized carbons (Fsp3) is 0.627. The van der Waals surface area contributed by atoms with E-state index in [4.69, 9.17) is 32.3 Å². The number of ether oxygens (including phenoxy) is 3. The van der Waals surface area contributed by atoms with E-state index in [9.17, 15) is 43.5 Å². The summed E-state index contributed by atoms with van der Waals surface area (Å²) in [6.07, 6.45) is 94.0. The number of aliphatic hydroxyl groups is 2. The molecule has 0 radical (unpaired) electrons. The van der Waals surface area contributed by atoms with Gasteiger partial charge in [-0.3, -0.25) is 32.5 Å². The van der Waals surface area contributed by atoms with Crippen molar-refractivity contribution in [1.82, 2.24) is 0 Å². The highest BCUT2D eigenvalue weighted by Gasteiger charge is 2.29. The largest absolute Gasteiger partial charge is 0.472 e. The molecule has 574 valence electrons. The molecule has 0 aliphatic heterocycles. The summed E-state index contributed by atoms with van der Waals surface area (Å²) in [5, 5.41) is 20.6. The number of carbonyl (C=O) groups is 3. The van der Waals surface area contributed by atoms with Gasteiger partial charge in [0.1, 0.15) is 25.4 Å². The van der Waals surface area contributed by atoms with Gasteiger partial charge < -0.3 is 34.2 Å². The summed E-state index contributed by atoms with van der Waals surface area (Å²) in [5.74, 6) is -1.65. The molecule has 0 aliphatic rings. The number of carbonyl (C=O) groups excluding carboxylic acids is 3. The van der Waals surface area contributed by atoms with Gasteiger partial charge in [0.25, 0.3) is 0 Å². The molecule has 0 fully saturated rings. The summed E-state index contributed by atoms with van der Waals surface area (Å²) in [6, 6.07) is 0. The third-order valence-corrected chi connectivity index (χ3v) is 17.3. The van der Waals surface area contributed by atoms with Crippen molar-refractivity contribution < 1.29 is 75.8 Å². The molecule has 5 unspecified atom stereocenters. The minimum Gasteiger partial charge on any atom is -0.463 e. The van der Waals surface area contributed by atoms with Crippen LogP contribution in [-0.4, -0.2) is 95.9 Å². The molecule has 18 heteroatoms. The van der Waals surface area contributed by atoms with Crippen molar-refractivity contribution in [2.45, 2.75) is 296 Å². The van der Waals surface area contributed by atoms with E-state index < -0.39 is 91.5 Å². The molecule has 0 aromatic carbocycles. The van der Waals surface area contributed by atoms with Gasteiger partial charge in [0.15, 0.2) is 6.10 Å². The fourth-order valence-corrected chi connectivity index (χ4v) is 11.3. The van der Waals surface area contributed by atoms with Gasteiger partial charge in [-0.2, -0.15) is 0 Å². The molecule has 0 amide bonds. The van der Waals surface area contributed by atoms with Crippen LogP contribution in [-0.2, 0) is 55.8 Å². The highest BCUT2D eigenvalue weighted by atomic mass is 31.2. The Morgan fingerprint density at radius 2 is 0.495 bits per heavy atom. The lowest BCUT2D eigenvalue weighted by Crippen LogP contribution is -2.30. The van der Waals surface area contributed by atoms with Crippen LogP contribution < -0.4 is 0 Å². The third-order valence-electron chi connectivity index (χ3n) is 15.4. The Morgan fingerprint density at radius 1 is 0.277 bits per heavy atom. The van der Waals surface area contributed by atoms with Crippen LogP contribution >= 0.6 is 15.6 Å². The van der Waals surface area contributed by atoms with E-state index in [1.54, 1.807) is 0 Å². The average Bonchev–Trinajstić information content (AvgIpc) is 0.961. The first-order valence-corrected chi connectivity index (χ1v) is 41.4. The zero-order valence-electron chi connectivity index (χ0n) is 62.5. The topological polar surface area (TPSA) is 231 Å². The summed E-state index contributed by atoms with van der Waals surface area (Å²) in [7, 11) is -9.82. The minimum atomic E-state index is -4.95. The zero-order valence-corrected chi connectivity index (χ0v) is 64.3. The maximum Gasteiger partial charge on any atom is 0.472 e. The molecule has 16 nitrogen and oxygen atoms in total. The van der Waals surface area contributed by atoms with Crippen LogP contribution in [0.25, 0.3) is 0 Å². The summed E-state index contributed by atoms with van der Waals surface area (Å²) >= 11 is 0. The monoisotopic (exact) mass is 1450 g/mol. The van der Waals surface area contributed by atoms with Gasteiger partial charge in [-0.15, -0.1) is 0 Å². The first-order valence-electron chi connectivity index (χ1n) is 38.4. The van der Waals surface area contributed by atoms with Crippen LogP contribution in [0.15, 0.2) is 170 Å². The van der Waals surface area contributed by atoms with E-state index in [1.807, 2.05) is 0 Å². The maximum atomic E-state index is 13.0. The quantitative estimate of drug-likeness (QED) is 0.0146. The van der Waals surface area contributed by atoms with Crippen molar-refractivity contribution >= 4 is 33.6 Å². The lowest BCUT2D eigenvalue weighted by molar-refractivity contribution is -0.161. The highest BCUT2D eigenvalue weighted by Crippen LogP contribution is 2.45. The van der Waals surface area contributed by atoms with Crippen LogP contribution in [0.2, 0.25) is 0 Å². The number of phosphoric ester groups is 2. The second-order valence-electron chi connectivity index (χ2n) is 25.0. The van der Waals surface area contributed by atoms with Gasteiger partial charge in [0, 0.05) is 19.3 Å². The standard InChI is InChI=1S/C83H136O16P2/c1-4-7-10-13-16-19-22-25-28-31-33-35-36-37-38-39-40-42-44-46-48-51-54-57-60-63-66-69-81(86)93-72-78(84)73-95-100(89,90)96-74-79(85)75-97-101(91,92)98-77-80(99-83(88)71-68-65-62-59-56-53-50-45-30-27-24-21-18-15-12-9-6-3)76-94-82(87)70-67-64-61-58-55-52-49-47-43-41-34-32-29-26-23-20-17-14-11-8-5-2/h7-12,16-21,25-30,33-35,37-38,41,47,49,55,58,78-80,84-85H,4-6,13-15,22-24,31-32,36,39-40,42-46,48,50-54,56-57,59-77H2,1-3H3,(H,89,90)(H,91,92)/b10-7-,11-8-,12-9-,19-16-,20-17-,21-18-,28-25-,29-26-,30-27-,35-33-,38-37-,41-34-,49-47-,58-55-. The molecule has 101 heavy (non-hydrogen) atoms. The van der Waals surface area contributed by atoms with E-state index in [2.05, 4.69) is 191 Å². The van der Waals surface area contributed by atoms with Gasteiger partial charge >= 0.3 is 33.6 Å². The van der Waals surface area contributed by atoms with Gasteiger partial charge in [-0.05, 0) is 148 Å². The molecule has 0 saturated heterocycles. The van der Waals surface area contributed by atoms with E-state index in [0.717, 1.165) is 180 Å². The summed E-state index contributed by atoms with van der Waals surface area (Å²) in [6.45, 7) is 2.26. The Bertz CT molecular complexity index is 2520. The zero-order chi connectivity index (χ0) is 73.7. The predicted octanol–water partition coefficient (Wildman–Crippen LogP) is 22.4. The number of unbranched alkanes of at least 4 members (excludes halogenated alkanes) is 20. The Kier molecular flexibility index (Phi) is 70.9. The molecule has 0 spiro atoms. The number of allylic oxidation sites excluding steroid dienone is 28. The van der Waals surface area contributed by atoms with Crippen molar-refractivity contribution in [3.63, 3.8) is 0 Å². The number of phosphoric acid groups is 2. The van der Waals surface area contributed by atoms with Crippen molar-refractivity contribution in [2.75, 3.05) is 39.6 Å². The lowest BCUT2D eigenvalue weighted by atomic mass is 10.0. The number of hydrogen-bond acceptors (Lipinski definition) is 14. The van der Waals surface area contributed by atoms with Crippen molar-refractivity contribution in [3.8, 4) is 0 Å². The molecule has 5 atom stereocenters. The summed E-state index contributed by atoms with van der Waals surface area (Å²) in [4.78, 5) is 58.6.